The predicted octanol–water partition coefficient (Wildman–Crippen LogP) is 0.871. The largest absolute Gasteiger partial charge is 0.361 e. The number of rotatable bonds is 6. The number of nitrogens with zero attached hydrogens (tertiary/aromatic N) is 2. The molecular weight excluding hydrogens is 298 g/mol. The fourth-order valence-electron chi connectivity index (χ4n) is 1.69. The number of thiocarbonyl (C=S) groups is 1. The summed E-state index contributed by atoms with van der Waals surface area (Å²) in [5.74, 6) is 0.520. The molecule has 3 N–H and O–H groups in total. The highest BCUT2D eigenvalue weighted by atomic mass is 32.1. The highest BCUT2D eigenvalue weighted by molar-refractivity contribution is 7.80. The molecule has 1 aromatic carbocycles. The van der Waals surface area contributed by atoms with Crippen LogP contribution in [0.4, 0.5) is 0 Å². The van der Waals surface area contributed by atoms with E-state index < -0.39 is 0 Å². The van der Waals surface area contributed by atoms with Gasteiger partial charge in [-0.3, -0.25) is 10.1 Å². The van der Waals surface area contributed by atoms with E-state index in [0.29, 0.717) is 30.3 Å². The third-order valence-electron chi connectivity index (χ3n) is 2.75. The number of hydrogen-bond acceptors (Lipinski definition) is 5. The molecule has 22 heavy (non-hydrogen) atoms. The van der Waals surface area contributed by atoms with Crippen LogP contribution in [-0.4, -0.2) is 34.1 Å². The first kappa shape index (κ1) is 16.0. The van der Waals surface area contributed by atoms with Gasteiger partial charge in [0.15, 0.2) is 5.11 Å². The van der Waals surface area contributed by atoms with E-state index in [0.717, 1.165) is 5.82 Å². The SMILES string of the molecule is O=C(NC(=S)NCCNCc1ncccn1)c1ccccc1. The molecule has 7 heteroatoms. The molecule has 0 unspecified atom stereocenters. The van der Waals surface area contributed by atoms with E-state index in [1.165, 1.54) is 0 Å². The second-order valence-electron chi connectivity index (χ2n) is 4.42. The molecule has 0 saturated carbocycles. The molecule has 0 aliphatic rings. The van der Waals surface area contributed by atoms with Crippen LogP contribution in [0.15, 0.2) is 48.8 Å². The summed E-state index contributed by atoms with van der Waals surface area (Å²) in [6.07, 6.45) is 3.41. The molecule has 0 saturated heterocycles. The summed E-state index contributed by atoms with van der Waals surface area (Å²) < 4.78 is 0. The zero-order chi connectivity index (χ0) is 15.6. The summed E-state index contributed by atoms with van der Waals surface area (Å²) in [6, 6.07) is 10.7. The summed E-state index contributed by atoms with van der Waals surface area (Å²) in [5, 5.41) is 9.09. The van der Waals surface area contributed by atoms with Crippen molar-refractivity contribution in [3.8, 4) is 0 Å². The van der Waals surface area contributed by atoms with Crippen molar-refractivity contribution >= 4 is 23.2 Å². The standard InChI is InChI=1S/C15H17N5OS/c21-14(12-5-2-1-3-6-12)20-15(22)19-10-9-16-11-13-17-7-4-8-18-13/h1-8,16H,9-11H2,(H2,19,20,21,22). The van der Waals surface area contributed by atoms with Gasteiger partial charge in [-0.1, -0.05) is 18.2 Å². The second kappa shape index (κ2) is 8.81. The van der Waals surface area contributed by atoms with E-state index in [1.807, 2.05) is 6.07 Å². The van der Waals surface area contributed by atoms with Crippen molar-refractivity contribution in [1.29, 1.82) is 0 Å². The Morgan fingerprint density at radius 1 is 1.05 bits per heavy atom. The van der Waals surface area contributed by atoms with Crippen molar-refractivity contribution in [1.82, 2.24) is 25.9 Å². The fourth-order valence-corrected chi connectivity index (χ4v) is 1.89. The van der Waals surface area contributed by atoms with Crippen molar-refractivity contribution in [2.45, 2.75) is 6.54 Å². The van der Waals surface area contributed by atoms with E-state index in [-0.39, 0.29) is 5.91 Å². The molecule has 114 valence electrons. The Kier molecular flexibility index (Phi) is 6.40. The molecule has 1 heterocycles. The molecule has 1 aromatic heterocycles. The van der Waals surface area contributed by atoms with Crippen molar-refractivity contribution in [2.24, 2.45) is 0 Å². The van der Waals surface area contributed by atoms with Crippen molar-refractivity contribution in [3.63, 3.8) is 0 Å². The lowest BCUT2D eigenvalue weighted by molar-refractivity contribution is 0.0976. The molecule has 2 aromatic rings. The summed E-state index contributed by atoms with van der Waals surface area (Å²) in [4.78, 5) is 20.1. The zero-order valence-electron chi connectivity index (χ0n) is 12.0. The van der Waals surface area contributed by atoms with Gasteiger partial charge in [0.1, 0.15) is 5.82 Å². The molecule has 0 spiro atoms. The second-order valence-corrected chi connectivity index (χ2v) is 4.83. The highest BCUT2D eigenvalue weighted by Crippen LogP contribution is 1.97. The summed E-state index contributed by atoms with van der Waals surface area (Å²) in [5.41, 5.74) is 0.575. The first-order valence-corrected chi connectivity index (χ1v) is 7.27. The van der Waals surface area contributed by atoms with Gasteiger partial charge in [-0.15, -0.1) is 0 Å². The minimum absolute atomic E-state index is 0.219. The van der Waals surface area contributed by atoms with E-state index >= 15 is 0 Å². The van der Waals surface area contributed by atoms with Crippen LogP contribution in [0.3, 0.4) is 0 Å². The minimum atomic E-state index is -0.219. The van der Waals surface area contributed by atoms with Crippen LogP contribution >= 0.6 is 12.2 Å². The van der Waals surface area contributed by atoms with E-state index in [2.05, 4.69) is 25.9 Å². The number of carbonyl (C=O) groups excluding carboxylic acids is 1. The van der Waals surface area contributed by atoms with Crippen LogP contribution in [0.1, 0.15) is 16.2 Å². The van der Waals surface area contributed by atoms with Gasteiger partial charge in [0.25, 0.3) is 5.91 Å². The van der Waals surface area contributed by atoms with Gasteiger partial charge < -0.3 is 10.6 Å². The minimum Gasteiger partial charge on any atom is -0.361 e. The van der Waals surface area contributed by atoms with Crippen LogP contribution in [-0.2, 0) is 6.54 Å². The Bertz CT molecular complexity index is 606. The highest BCUT2D eigenvalue weighted by Gasteiger charge is 2.06. The molecule has 0 atom stereocenters. The van der Waals surface area contributed by atoms with Crippen LogP contribution in [0, 0.1) is 0 Å². The lowest BCUT2D eigenvalue weighted by atomic mass is 10.2. The fraction of sp³-hybridized carbons (Fsp3) is 0.200. The topological polar surface area (TPSA) is 78.9 Å². The van der Waals surface area contributed by atoms with Crippen LogP contribution < -0.4 is 16.0 Å². The van der Waals surface area contributed by atoms with Gasteiger partial charge in [-0.05, 0) is 30.4 Å². The van der Waals surface area contributed by atoms with Crippen molar-refractivity contribution in [3.05, 3.63) is 60.2 Å². The van der Waals surface area contributed by atoms with Crippen LogP contribution in [0.25, 0.3) is 0 Å². The quantitative estimate of drug-likeness (QED) is 0.542. The molecule has 0 aliphatic carbocycles. The molecule has 0 bridgehead atoms. The van der Waals surface area contributed by atoms with Gasteiger partial charge in [-0.2, -0.15) is 0 Å². The number of benzene rings is 1. The third-order valence-corrected chi connectivity index (χ3v) is 3.00. The molecule has 0 radical (unpaired) electrons. The summed E-state index contributed by atoms with van der Waals surface area (Å²) in [7, 11) is 0. The maximum atomic E-state index is 11.9. The molecule has 0 fully saturated rings. The number of amides is 1. The predicted molar refractivity (Wildman–Crippen MR) is 88.2 cm³/mol. The van der Waals surface area contributed by atoms with Gasteiger partial charge in [-0.25, -0.2) is 9.97 Å². The zero-order valence-corrected chi connectivity index (χ0v) is 12.8. The monoisotopic (exact) mass is 315 g/mol. The number of hydrogen-bond donors (Lipinski definition) is 3. The molecule has 0 aliphatic heterocycles. The Hall–Kier alpha value is -2.38. The Labute approximate surface area is 134 Å². The third kappa shape index (κ3) is 5.55. The maximum Gasteiger partial charge on any atom is 0.257 e. The number of nitrogens with one attached hydrogen (secondary N) is 3. The maximum absolute atomic E-state index is 11.9. The number of aromatic nitrogens is 2. The molecular formula is C15H17N5OS. The first-order valence-electron chi connectivity index (χ1n) is 6.86. The van der Waals surface area contributed by atoms with E-state index in [4.69, 9.17) is 12.2 Å². The van der Waals surface area contributed by atoms with Crippen LogP contribution in [0.2, 0.25) is 0 Å². The van der Waals surface area contributed by atoms with Crippen molar-refractivity contribution in [2.75, 3.05) is 13.1 Å². The Balaban J connectivity index is 1.61. The summed E-state index contributed by atoms with van der Waals surface area (Å²) in [6.45, 7) is 1.87. The lowest BCUT2D eigenvalue weighted by Crippen LogP contribution is -2.41. The van der Waals surface area contributed by atoms with Gasteiger partial charge in [0.05, 0.1) is 6.54 Å². The average Bonchev–Trinajstić information content (AvgIpc) is 2.56. The Morgan fingerprint density at radius 3 is 2.50 bits per heavy atom. The molecule has 6 nitrogen and oxygen atoms in total. The number of carbonyl (C=O) groups is 1. The van der Waals surface area contributed by atoms with Crippen LogP contribution in [0.5, 0.6) is 0 Å². The smallest absolute Gasteiger partial charge is 0.257 e. The summed E-state index contributed by atoms with van der Waals surface area (Å²) >= 11 is 5.08. The average molecular weight is 315 g/mol. The first-order chi connectivity index (χ1) is 10.8. The lowest BCUT2D eigenvalue weighted by Gasteiger charge is -2.10. The van der Waals surface area contributed by atoms with Crippen molar-refractivity contribution < 1.29 is 4.79 Å². The van der Waals surface area contributed by atoms with E-state index in [1.54, 1.807) is 42.7 Å². The van der Waals surface area contributed by atoms with Gasteiger partial charge in [0, 0.05) is 31.0 Å². The molecule has 2 rings (SSSR count). The van der Waals surface area contributed by atoms with E-state index in [9.17, 15) is 4.79 Å². The van der Waals surface area contributed by atoms with Gasteiger partial charge >= 0.3 is 0 Å². The normalized spacial score (nSPS) is 10.0. The molecule has 1 amide bonds. The van der Waals surface area contributed by atoms with Gasteiger partial charge in [0.2, 0.25) is 0 Å². The Morgan fingerprint density at radius 2 is 1.77 bits per heavy atom.